The summed E-state index contributed by atoms with van der Waals surface area (Å²) in [5.41, 5.74) is 0. The zero-order valence-electron chi connectivity index (χ0n) is 17.4. The molecule has 158 valence electrons. The van der Waals surface area contributed by atoms with E-state index in [-0.39, 0.29) is 0 Å². The van der Waals surface area contributed by atoms with Gasteiger partial charge in [-0.05, 0) is 0 Å². The Balaban J connectivity index is 1.90. The number of hydrogen-bond acceptors (Lipinski definition) is 4. The van der Waals surface area contributed by atoms with Gasteiger partial charge in [0.2, 0.25) is 0 Å². The molecule has 0 amide bonds. The first-order chi connectivity index (χ1) is 15.2. The van der Waals surface area contributed by atoms with Gasteiger partial charge in [-0.3, -0.25) is 0 Å². The second-order valence-corrected chi connectivity index (χ2v) is 13.2. The molecule has 5 heteroatoms. The van der Waals surface area contributed by atoms with Crippen molar-refractivity contribution >= 4 is 26.2 Å². The molecule has 0 atom stereocenters. The standard InChI is InChI=1S/C26H24O4Te/c1-27-21-13-17-25(18-14-21)31(29-23-9-5-3-6-10-23,30-24-11-7-4-8-12-24)26-19-15-22(28-2)16-20-26/h3-20H,1-2H3. The van der Waals surface area contributed by atoms with Crippen molar-refractivity contribution in [1.82, 2.24) is 0 Å². The molecule has 0 aromatic heterocycles. The summed E-state index contributed by atoms with van der Waals surface area (Å²) in [5.74, 6) is 3.11. The van der Waals surface area contributed by atoms with E-state index in [0.717, 1.165) is 30.2 Å². The third-order valence-electron chi connectivity index (χ3n) is 4.65. The van der Waals surface area contributed by atoms with E-state index in [9.17, 15) is 0 Å². The van der Waals surface area contributed by atoms with Gasteiger partial charge in [-0.2, -0.15) is 0 Å². The minimum atomic E-state index is -3.94. The predicted molar refractivity (Wildman–Crippen MR) is 125 cm³/mol. The average Bonchev–Trinajstić information content (AvgIpc) is 2.85. The molecule has 4 aromatic rings. The Morgan fingerprint density at radius 3 is 1.10 bits per heavy atom. The van der Waals surface area contributed by atoms with Crippen molar-refractivity contribution < 1.29 is 15.7 Å². The molecule has 0 unspecified atom stereocenters. The fourth-order valence-corrected chi connectivity index (χ4v) is 10.1. The first-order valence-electron chi connectivity index (χ1n) is 9.84. The van der Waals surface area contributed by atoms with Crippen LogP contribution >= 0.6 is 0 Å². The Hall–Kier alpha value is -3.13. The Kier molecular flexibility index (Phi) is 6.66. The first-order valence-corrected chi connectivity index (χ1v) is 14.1. The predicted octanol–water partition coefficient (Wildman–Crippen LogP) is 4.42. The van der Waals surface area contributed by atoms with Crippen molar-refractivity contribution in [2.45, 2.75) is 0 Å². The summed E-state index contributed by atoms with van der Waals surface area (Å²) in [7, 11) is 3.32. The molecule has 0 N–H and O–H groups in total. The number of para-hydroxylation sites is 2. The molecule has 4 aromatic carbocycles. The quantitative estimate of drug-likeness (QED) is 0.318. The van der Waals surface area contributed by atoms with Crippen LogP contribution in [0.3, 0.4) is 0 Å². The third-order valence-corrected chi connectivity index (χ3v) is 12.2. The molecular weight excluding hydrogens is 504 g/mol. The van der Waals surface area contributed by atoms with Crippen molar-refractivity contribution in [2.24, 2.45) is 0 Å². The molecule has 4 rings (SSSR count). The van der Waals surface area contributed by atoms with Crippen molar-refractivity contribution in [3.05, 3.63) is 109 Å². The van der Waals surface area contributed by atoms with Crippen LogP contribution in [0.5, 0.6) is 23.0 Å². The second kappa shape index (κ2) is 9.78. The monoisotopic (exact) mass is 530 g/mol. The van der Waals surface area contributed by atoms with Gasteiger partial charge in [-0.1, -0.05) is 0 Å². The molecule has 0 saturated heterocycles. The summed E-state index contributed by atoms with van der Waals surface area (Å²) in [6, 6.07) is 35.6. The van der Waals surface area contributed by atoms with E-state index in [1.54, 1.807) is 14.2 Å². The van der Waals surface area contributed by atoms with Crippen molar-refractivity contribution in [3.8, 4) is 23.0 Å². The average molecular weight is 528 g/mol. The number of ether oxygens (including phenoxy) is 2. The number of hydrogen-bond donors (Lipinski definition) is 0. The molecule has 0 aliphatic heterocycles. The summed E-state index contributed by atoms with van der Waals surface area (Å²) >= 11 is -3.94. The molecule has 31 heavy (non-hydrogen) atoms. The number of rotatable bonds is 8. The third kappa shape index (κ3) is 4.80. The topological polar surface area (TPSA) is 36.9 Å². The van der Waals surface area contributed by atoms with Crippen LogP contribution in [0.15, 0.2) is 109 Å². The molecule has 0 saturated carbocycles. The van der Waals surface area contributed by atoms with Crippen LogP contribution in [-0.4, -0.2) is 33.2 Å². The summed E-state index contributed by atoms with van der Waals surface area (Å²) in [5, 5.41) is 0. The fourth-order valence-electron chi connectivity index (χ4n) is 3.08. The van der Waals surface area contributed by atoms with Gasteiger partial charge < -0.3 is 0 Å². The van der Waals surface area contributed by atoms with Crippen molar-refractivity contribution in [3.63, 3.8) is 0 Å². The fraction of sp³-hybridized carbons (Fsp3) is 0.0769. The van der Waals surface area contributed by atoms with Crippen molar-refractivity contribution in [2.75, 3.05) is 14.2 Å². The van der Waals surface area contributed by atoms with Gasteiger partial charge in [0.05, 0.1) is 0 Å². The van der Waals surface area contributed by atoms with Crippen LogP contribution in [0, 0.1) is 0 Å². The van der Waals surface area contributed by atoms with E-state index in [1.165, 1.54) is 0 Å². The van der Waals surface area contributed by atoms with Crippen LogP contribution in [0.25, 0.3) is 0 Å². The maximum atomic E-state index is 6.81. The summed E-state index contributed by atoms with van der Waals surface area (Å²) in [6.45, 7) is 0. The van der Waals surface area contributed by atoms with Crippen molar-refractivity contribution in [1.29, 1.82) is 0 Å². The molecule has 0 aliphatic rings. The van der Waals surface area contributed by atoms with Crippen LogP contribution < -0.4 is 22.9 Å². The Labute approximate surface area is 187 Å². The summed E-state index contributed by atoms with van der Waals surface area (Å²) in [4.78, 5) is 0. The Bertz CT molecular complexity index is 991. The Morgan fingerprint density at radius 2 is 0.774 bits per heavy atom. The zero-order chi connectivity index (χ0) is 21.5. The van der Waals surface area contributed by atoms with E-state index >= 15 is 0 Å². The molecule has 0 heterocycles. The van der Waals surface area contributed by atoms with Crippen LogP contribution in [0.4, 0.5) is 0 Å². The van der Waals surface area contributed by atoms with Gasteiger partial charge in [-0.15, -0.1) is 0 Å². The Morgan fingerprint density at radius 1 is 0.419 bits per heavy atom. The molecule has 0 spiro atoms. The minimum absolute atomic E-state index is 0.770. The van der Waals surface area contributed by atoms with Crippen LogP contribution in [0.2, 0.25) is 0 Å². The summed E-state index contributed by atoms with van der Waals surface area (Å²) in [6.07, 6.45) is 0. The van der Waals surface area contributed by atoms with Gasteiger partial charge >= 0.3 is 188 Å². The first kappa shape index (κ1) is 21.1. The molecule has 4 nitrogen and oxygen atoms in total. The normalized spacial score (nSPS) is 11.4. The molecular formula is C26H24O4Te. The van der Waals surface area contributed by atoms with E-state index in [4.69, 9.17) is 15.7 Å². The van der Waals surface area contributed by atoms with E-state index < -0.39 is 19.0 Å². The second-order valence-electron chi connectivity index (χ2n) is 6.65. The van der Waals surface area contributed by atoms with Gasteiger partial charge in [0.1, 0.15) is 0 Å². The van der Waals surface area contributed by atoms with Crippen LogP contribution in [-0.2, 0) is 0 Å². The molecule has 0 fully saturated rings. The SMILES string of the molecule is COc1ccc([Te](Oc2ccccc2)(Oc2ccccc2)c2ccc(OC)cc2)cc1. The van der Waals surface area contributed by atoms with Gasteiger partial charge in [0.15, 0.2) is 0 Å². The molecule has 0 aliphatic carbocycles. The van der Waals surface area contributed by atoms with Gasteiger partial charge in [0.25, 0.3) is 0 Å². The van der Waals surface area contributed by atoms with Gasteiger partial charge in [0, 0.05) is 0 Å². The van der Waals surface area contributed by atoms with E-state index in [0.29, 0.717) is 0 Å². The van der Waals surface area contributed by atoms with Gasteiger partial charge in [-0.25, -0.2) is 0 Å². The number of methoxy groups -OCH3 is 2. The number of benzene rings is 4. The molecule has 0 bridgehead atoms. The summed E-state index contributed by atoms with van der Waals surface area (Å²) < 4.78 is 26.4. The maximum absolute atomic E-state index is 6.81. The van der Waals surface area contributed by atoms with Crippen LogP contribution in [0.1, 0.15) is 0 Å². The van der Waals surface area contributed by atoms with E-state index in [1.807, 2.05) is 109 Å². The van der Waals surface area contributed by atoms with E-state index in [2.05, 4.69) is 0 Å². The zero-order valence-corrected chi connectivity index (χ0v) is 19.8. The molecule has 0 radical (unpaired) electrons.